The second-order valence-corrected chi connectivity index (χ2v) is 4.51. The van der Waals surface area contributed by atoms with Gasteiger partial charge in [0, 0.05) is 18.5 Å². The molecule has 0 saturated carbocycles. The molecule has 1 nitrogen and oxygen atoms in total. The van der Waals surface area contributed by atoms with Gasteiger partial charge in [0.15, 0.2) is 0 Å². The fourth-order valence-corrected chi connectivity index (χ4v) is 2.18. The molecule has 1 rings (SSSR count). The molecule has 0 aromatic carbocycles. The van der Waals surface area contributed by atoms with Crippen molar-refractivity contribution in [1.82, 2.24) is 4.90 Å². The summed E-state index contributed by atoms with van der Waals surface area (Å²) < 4.78 is 0. The van der Waals surface area contributed by atoms with Gasteiger partial charge in [0.1, 0.15) is 0 Å². The molecule has 0 bridgehead atoms. The molecule has 0 spiro atoms. The molecule has 15 heavy (non-hydrogen) atoms. The Morgan fingerprint density at radius 2 is 1.93 bits per heavy atom. The molecule has 84 valence electrons. The highest BCUT2D eigenvalue weighted by Crippen LogP contribution is 2.37. The van der Waals surface area contributed by atoms with Crippen LogP contribution in [-0.2, 0) is 0 Å². The van der Waals surface area contributed by atoms with Crippen molar-refractivity contribution in [2.45, 2.75) is 27.7 Å². The highest BCUT2D eigenvalue weighted by molar-refractivity contribution is 5.33. The summed E-state index contributed by atoms with van der Waals surface area (Å²) in [5.41, 5.74) is 1.81. The van der Waals surface area contributed by atoms with E-state index in [9.17, 15) is 0 Å². The normalized spacial score (nSPS) is 22.5. The van der Waals surface area contributed by atoms with Crippen molar-refractivity contribution in [2.24, 2.45) is 5.41 Å². The first-order valence-corrected chi connectivity index (χ1v) is 5.84. The quantitative estimate of drug-likeness (QED) is 0.636. The zero-order chi connectivity index (χ0) is 11.3. The monoisotopic (exact) mass is 205 g/mol. The third-order valence-corrected chi connectivity index (χ3v) is 3.10. The number of rotatable bonds is 4. The highest BCUT2D eigenvalue weighted by Gasteiger charge is 2.39. The van der Waals surface area contributed by atoms with E-state index in [0.717, 1.165) is 0 Å². The maximum absolute atomic E-state index is 2.48. The van der Waals surface area contributed by atoms with Crippen LogP contribution in [0.1, 0.15) is 27.7 Å². The van der Waals surface area contributed by atoms with Crippen molar-refractivity contribution in [2.75, 3.05) is 19.6 Å². The molecule has 0 aromatic heterocycles. The molecule has 0 aromatic rings. The summed E-state index contributed by atoms with van der Waals surface area (Å²) in [7, 11) is 0. The van der Waals surface area contributed by atoms with Gasteiger partial charge in [-0.2, -0.15) is 0 Å². The zero-order valence-corrected chi connectivity index (χ0v) is 10.5. The lowest BCUT2D eigenvalue weighted by Crippen LogP contribution is -2.54. The largest absolute Gasteiger partial charge is 0.302 e. The lowest BCUT2D eigenvalue weighted by atomic mass is 9.74. The number of hydrogen-bond donors (Lipinski definition) is 0. The van der Waals surface area contributed by atoms with Crippen molar-refractivity contribution in [1.29, 1.82) is 0 Å². The molecule has 0 aliphatic carbocycles. The van der Waals surface area contributed by atoms with Gasteiger partial charge in [-0.15, -0.1) is 0 Å². The Kier molecular flexibility index (Phi) is 4.34. The SMILES string of the molecule is C\C=C/C=C(\C=C/C)C1(C)CN(CC)C1. The van der Waals surface area contributed by atoms with Gasteiger partial charge in [-0.1, -0.05) is 44.2 Å². The predicted octanol–water partition coefficient (Wildman–Crippen LogP) is 3.41. The summed E-state index contributed by atoms with van der Waals surface area (Å²) in [5, 5.41) is 0. The smallest absolute Gasteiger partial charge is 0.0179 e. The van der Waals surface area contributed by atoms with Gasteiger partial charge < -0.3 is 4.90 Å². The fourth-order valence-electron chi connectivity index (χ4n) is 2.18. The molecule has 1 heterocycles. The van der Waals surface area contributed by atoms with E-state index in [4.69, 9.17) is 0 Å². The third-order valence-electron chi connectivity index (χ3n) is 3.10. The van der Waals surface area contributed by atoms with E-state index in [2.05, 4.69) is 63.0 Å². The molecule has 0 unspecified atom stereocenters. The molecular weight excluding hydrogens is 182 g/mol. The van der Waals surface area contributed by atoms with Gasteiger partial charge in [0.25, 0.3) is 0 Å². The van der Waals surface area contributed by atoms with Crippen LogP contribution in [0.25, 0.3) is 0 Å². The van der Waals surface area contributed by atoms with Gasteiger partial charge in [-0.05, 0) is 26.0 Å². The number of nitrogens with zero attached hydrogens (tertiary/aromatic N) is 1. The van der Waals surface area contributed by atoms with E-state index in [1.54, 1.807) is 0 Å². The average Bonchev–Trinajstić information content (AvgIpc) is 2.19. The number of hydrogen-bond acceptors (Lipinski definition) is 1. The van der Waals surface area contributed by atoms with Crippen molar-refractivity contribution < 1.29 is 0 Å². The Balaban J connectivity index is 2.74. The van der Waals surface area contributed by atoms with Gasteiger partial charge in [-0.25, -0.2) is 0 Å². The van der Waals surface area contributed by atoms with Gasteiger partial charge in [-0.3, -0.25) is 0 Å². The van der Waals surface area contributed by atoms with E-state index >= 15 is 0 Å². The van der Waals surface area contributed by atoms with Crippen molar-refractivity contribution in [3.05, 3.63) is 36.0 Å². The van der Waals surface area contributed by atoms with Gasteiger partial charge in [0.05, 0.1) is 0 Å². The summed E-state index contributed by atoms with van der Waals surface area (Å²) in [5.74, 6) is 0. The molecule has 1 aliphatic heterocycles. The minimum atomic E-state index is 0.363. The van der Waals surface area contributed by atoms with Crippen molar-refractivity contribution in [3.8, 4) is 0 Å². The van der Waals surface area contributed by atoms with E-state index in [-0.39, 0.29) is 0 Å². The van der Waals surface area contributed by atoms with Crippen LogP contribution in [0.4, 0.5) is 0 Å². The number of allylic oxidation sites excluding steroid dienone is 5. The first kappa shape index (κ1) is 12.3. The standard InChI is InChI=1S/C14H23N/c1-5-8-10-13(9-6-2)14(4)11-15(7-3)12-14/h5-6,8-10H,7,11-12H2,1-4H3/b8-5-,9-6-,13-10+. The fraction of sp³-hybridized carbons (Fsp3) is 0.571. The Hall–Kier alpha value is -0.820. The molecule has 1 heteroatoms. The maximum atomic E-state index is 2.48. The summed E-state index contributed by atoms with van der Waals surface area (Å²) in [6, 6.07) is 0. The van der Waals surface area contributed by atoms with Crippen LogP contribution < -0.4 is 0 Å². The molecule has 0 N–H and O–H groups in total. The Labute approximate surface area is 94.2 Å². The summed E-state index contributed by atoms with van der Waals surface area (Å²) >= 11 is 0. The third kappa shape index (κ3) is 2.82. The first-order valence-electron chi connectivity index (χ1n) is 5.84. The molecule has 0 radical (unpaired) electrons. The Bertz CT molecular complexity index is 278. The van der Waals surface area contributed by atoms with Crippen LogP contribution in [0.5, 0.6) is 0 Å². The predicted molar refractivity (Wildman–Crippen MR) is 67.9 cm³/mol. The van der Waals surface area contributed by atoms with Crippen molar-refractivity contribution in [3.63, 3.8) is 0 Å². The molecule has 0 amide bonds. The summed E-state index contributed by atoms with van der Waals surface area (Å²) in [6.07, 6.45) is 10.8. The second-order valence-electron chi connectivity index (χ2n) is 4.51. The van der Waals surface area contributed by atoms with E-state index < -0.39 is 0 Å². The summed E-state index contributed by atoms with van der Waals surface area (Å²) in [4.78, 5) is 2.48. The van der Waals surface area contributed by atoms with Crippen molar-refractivity contribution >= 4 is 0 Å². The highest BCUT2D eigenvalue weighted by atomic mass is 15.2. The lowest BCUT2D eigenvalue weighted by Gasteiger charge is -2.48. The minimum Gasteiger partial charge on any atom is -0.302 e. The zero-order valence-electron chi connectivity index (χ0n) is 10.5. The van der Waals surface area contributed by atoms with Crippen LogP contribution >= 0.6 is 0 Å². The average molecular weight is 205 g/mol. The Morgan fingerprint density at radius 3 is 2.40 bits per heavy atom. The van der Waals surface area contributed by atoms with Gasteiger partial charge in [0.2, 0.25) is 0 Å². The van der Waals surface area contributed by atoms with E-state index in [0.29, 0.717) is 5.41 Å². The summed E-state index contributed by atoms with van der Waals surface area (Å²) in [6.45, 7) is 12.3. The maximum Gasteiger partial charge on any atom is 0.0179 e. The van der Waals surface area contributed by atoms with E-state index in [1.165, 1.54) is 25.2 Å². The van der Waals surface area contributed by atoms with Crippen LogP contribution in [0.3, 0.4) is 0 Å². The Morgan fingerprint density at radius 1 is 1.27 bits per heavy atom. The van der Waals surface area contributed by atoms with Crippen LogP contribution in [0.2, 0.25) is 0 Å². The van der Waals surface area contributed by atoms with Crippen LogP contribution in [0, 0.1) is 5.41 Å². The minimum absolute atomic E-state index is 0.363. The lowest BCUT2D eigenvalue weighted by molar-refractivity contribution is 0.0536. The second kappa shape index (κ2) is 5.32. The molecular formula is C14H23N. The molecule has 0 atom stereocenters. The van der Waals surface area contributed by atoms with Crippen LogP contribution in [-0.4, -0.2) is 24.5 Å². The molecule has 1 fully saturated rings. The molecule has 1 saturated heterocycles. The topological polar surface area (TPSA) is 3.24 Å². The molecule has 1 aliphatic rings. The van der Waals surface area contributed by atoms with Gasteiger partial charge >= 0.3 is 0 Å². The number of likely N-dealkylation sites (tertiary alicyclic amines) is 1. The van der Waals surface area contributed by atoms with E-state index in [1.807, 2.05) is 0 Å². The first-order chi connectivity index (χ1) is 7.16. The van der Waals surface area contributed by atoms with Crippen LogP contribution in [0.15, 0.2) is 36.0 Å².